The van der Waals surface area contributed by atoms with E-state index in [0.29, 0.717) is 22.4 Å². The van der Waals surface area contributed by atoms with Crippen molar-refractivity contribution < 1.29 is 22.5 Å². The molecule has 4 rings (SSSR count). The Morgan fingerprint density at radius 2 is 1.77 bits per heavy atom. The Hall–Kier alpha value is -3.80. The van der Waals surface area contributed by atoms with E-state index in [2.05, 4.69) is 9.98 Å². The lowest BCUT2D eigenvalue weighted by Gasteiger charge is -2.27. The van der Waals surface area contributed by atoms with E-state index < -0.39 is 15.8 Å². The van der Waals surface area contributed by atoms with Gasteiger partial charge in [0.15, 0.2) is 11.5 Å². The second-order valence-corrected chi connectivity index (χ2v) is 9.69. The normalized spacial score (nSPS) is 18.1. The van der Waals surface area contributed by atoms with Gasteiger partial charge in [-0.15, -0.1) is 0 Å². The summed E-state index contributed by atoms with van der Waals surface area (Å²) in [5, 5.41) is 0. The van der Waals surface area contributed by atoms with Gasteiger partial charge in [-0.05, 0) is 34.4 Å². The zero-order valence-electron chi connectivity index (χ0n) is 19.4. The predicted octanol–water partition coefficient (Wildman–Crippen LogP) is 2.02. The van der Waals surface area contributed by atoms with E-state index >= 15 is 0 Å². The molecule has 0 spiro atoms. The van der Waals surface area contributed by atoms with Gasteiger partial charge >= 0.3 is 10.3 Å². The molecule has 2 aromatic carbocycles. The van der Waals surface area contributed by atoms with Crippen molar-refractivity contribution in [1.29, 1.82) is 0 Å². The first kappa shape index (κ1) is 24.3. The van der Waals surface area contributed by atoms with Crippen LogP contribution >= 0.6 is 0 Å². The van der Waals surface area contributed by atoms with E-state index in [4.69, 9.17) is 10.5 Å². The predicted molar refractivity (Wildman–Crippen MR) is 131 cm³/mol. The molecule has 1 unspecified atom stereocenters. The molecule has 10 nitrogen and oxygen atoms in total. The number of ether oxygens (including phenoxy) is 1. The minimum Gasteiger partial charge on any atom is -0.495 e. The lowest BCUT2D eigenvalue weighted by Crippen LogP contribution is -2.41. The van der Waals surface area contributed by atoms with Crippen LogP contribution in [0.3, 0.4) is 0 Å². The number of benzene rings is 2. The van der Waals surface area contributed by atoms with E-state index in [1.807, 2.05) is 24.3 Å². The van der Waals surface area contributed by atoms with E-state index in [1.165, 1.54) is 11.9 Å². The maximum absolute atomic E-state index is 13.6. The van der Waals surface area contributed by atoms with Crippen LogP contribution in [0.25, 0.3) is 11.1 Å². The van der Waals surface area contributed by atoms with Crippen molar-refractivity contribution in [3.05, 3.63) is 83.7 Å². The summed E-state index contributed by atoms with van der Waals surface area (Å²) < 4.78 is 38.4. The number of likely N-dealkylation sites (N-methyl/N-ethyl adjacent to an activating group) is 1. The summed E-state index contributed by atoms with van der Waals surface area (Å²) in [6.07, 6.45) is 3.30. The summed E-state index contributed by atoms with van der Waals surface area (Å²) in [7, 11) is -0.00918. The zero-order chi connectivity index (χ0) is 25.4. The minimum absolute atomic E-state index is 0.0592. The molecule has 1 aliphatic rings. The fourth-order valence-corrected chi connectivity index (χ4v) is 4.34. The highest BCUT2D eigenvalue weighted by Gasteiger charge is 2.49. The molecule has 3 aromatic rings. The topological polar surface area (TPSA) is 138 Å². The van der Waals surface area contributed by atoms with E-state index in [-0.39, 0.29) is 18.4 Å². The standard InChI is InChI=1S/C24H25N5O5S/c1-28(35(31,32)33)15-16-6-4-8-19(10-16)24(22(30)29(2)23(25)27-24)20-9-5-7-17(11-20)18-12-21(34-3)14-26-13-18/h4-14H,15H2,1-3H3,(H2,25,27)(H,31,32,33). The van der Waals surface area contributed by atoms with Gasteiger partial charge in [0.2, 0.25) is 0 Å². The number of hydrogen-bond acceptors (Lipinski definition) is 7. The number of nitrogens with zero attached hydrogens (tertiary/aromatic N) is 4. The lowest BCUT2D eigenvalue weighted by molar-refractivity contribution is -0.129. The Morgan fingerprint density at radius 3 is 2.40 bits per heavy atom. The smallest absolute Gasteiger partial charge is 0.335 e. The van der Waals surface area contributed by atoms with E-state index in [0.717, 1.165) is 15.4 Å². The molecular weight excluding hydrogens is 470 g/mol. The van der Waals surface area contributed by atoms with Crippen LogP contribution in [-0.4, -0.2) is 60.2 Å². The van der Waals surface area contributed by atoms with Crippen molar-refractivity contribution in [3.63, 3.8) is 0 Å². The Bertz CT molecular complexity index is 1430. The summed E-state index contributed by atoms with van der Waals surface area (Å²) in [6, 6.07) is 16.0. The van der Waals surface area contributed by atoms with Crippen LogP contribution in [0.1, 0.15) is 16.7 Å². The maximum atomic E-state index is 13.6. The Kier molecular flexibility index (Phi) is 6.32. The second kappa shape index (κ2) is 9.10. The summed E-state index contributed by atoms with van der Waals surface area (Å²) in [5.41, 5.74) is 7.85. The van der Waals surface area contributed by atoms with Gasteiger partial charge in [-0.25, -0.2) is 4.99 Å². The van der Waals surface area contributed by atoms with Gasteiger partial charge in [0.25, 0.3) is 5.91 Å². The molecule has 0 fully saturated rings. The number of nitrogens with two attached hydrogens (primary N) is 1. The minimum atomic E-state index is -4.38. The molecule has 35 heavy (non-hydrogen) atoms. The molecule has 2 heterocycles. The first-order valence-electron chi connectivity index (χ1n) is 10.6. The van der Waals surface area contributed by atoms with Crippen molar-refractivity contribution in [2.75, 3.05) is 21.2 Å². The number of carbonyl (C=O) groups is 1. The van der Waals surface area contributed by atoms with Crippen molar-refractivity contribution in [3.8, 4) is 16.9 Å². The van der Waals surface area contributed by atoms with E-state index in [9.17, 15) is 17.8 Å². The van der Waals surface area contributed by atoms with Crippen molar-refractivity contribution >= 4 is 22.2 Å². The first-order chi connectivity index (χ1) is 16.6. The maximum Gasteiger partial charge on any atom is 0.335 e. The SMILES string of the molecule is COc1cncc(-c2cccc(C3(c4cccc(CN(C)S(=O)(=O)O)c4)N=C(N)N(C)C3=O)c2)c1. The molecule has 11 heteroatoms. The Morgan fingerprint density at radius 1 is 1.09 bits per heavy atom. The van der Waals surface area contributed by atoms with Gasteiger partial charge in [0.1, 0.15) is 5.75 Å². The highest BCUT2D eigenvalue weighted by molar-refractivity contribution is 7.83. The fourth-order valence-electron chi connectivity index (χ4n) is 4.03. The number of aromatic nitrogens is 1. The number of hydrogen-bond donors (Lipinski definition) is 2. The second-order valence-electron chi connectivity index (χ2n) is 8.17. The quantitative estimate of drug-likeness (QED) is 0.478. The van der Waals surface area contributed by atoms with Crippen LogP contribution in [0.4, 0.5) is 0 Å². The van der Waals surface area contributed by atoms with Crippen molar-refractivity contribution in [2.24, 2.45) is 10.7 Å². The number of carbonyl (C=O) groups excluding carboxylic acids is 1. The fraction of sp³-hybridized carbons (Fsp3) is 0.208. The lowest BCUT2D eigenvalue weighted by atomic mass is 9.81. The number of pyridine rings is 1. The average Bonchev–Trinajstić information content (AvgIpc) is 3.08. The molecule has 1 aliphatic heterocycles. The molecule has 1 atom stereocenters. The van der Waals surface area contributed by atoms with E-state index in [1.54, 1.807) is 56.9 Å². The van der Waals surface area contributed by atoms with Gasteiger partial charge in [0, 0.05) is 32.4 Å². The van der Waals surface area contributed by atoms with Crippen LogP contribution in [-0.2, 0) is 27.2 Å². The molecule has 0 saturated heterocycles. The number of rotatable bonds is 7. The highest BCUT2D eigenvalue weighted by atomic mass is 32.2. The van der Waals surface area contributed by atoms with Crippen molar-refractivity contribution in [1.82, 2.24) is 14.2 Å². The number of methoxy groups -OCH3 is 1. The molecule has 0 saturated carbocycles. The number of guanidine groups is 1. The van der Waals surface area contributed by atoms with Gasteiger partial charge in [-0.3, -0.25) is 19.2 Å². The molecule has 0 radical (unpaired) electrons. The molecule has 1 aromatic heterocycles. The Balaban J connectivity index is 1.86. The monoisotopic (exact) mass is 495 g/mol. The molecule has 0 bridgehead atoms. The highest BCUT2D eigenvalue weighted by Crippen LogP contribution is 2.41. The van der Waals surface area contributed by atoms with Crippen LogP contribution in [0.15, 0.2) is 72.0 Å². The van der Waals surface area contributed by atoms with Gasteiger partial charge < -0.3 is 10.5 Å². The summed E-state index contributed by atoms with van der Waals surface area (Å²) in [4.78, 5) is 23.7. The van der Waals surface area contributed by atoms with Crippen LogP contribution in [0.5, 0.6) is 5.75 Å². The van der Waals surface area contributed by atoms with Gasteiger partial charge in [0.05, 0.1) is 13.3 Å². The number of aliphatic imine (C=N–C) groups is 1. The molecular formula is C24H25N5O5S. The third-order valence-corrected chi connectivity index (χ3v) is 6.86. The third kappa shape index (κ3) is 4.48. The average molecular weight is 496 g/mol. The summed E-state index contributed by atoms with van der Waals surface area (Å²) in [6.45, 7) is -0.0957. The van der Waals surface area contributed by atoms with Gasteiger partial charge in [-0.1, -0.05) is 42.5 Å². The first-order valence-corrected chi connectivity index (χ1v) is 12.0. The summed E-state index contributed by atoms with van der Waals surface area (Å²) >= 11 is 0. The third-order valence-electron chi connectivity index (χ3n) is 5.95. The molecule has 182 valence electrons. The van der Waals surface area contributed by atoms with Crippen molar-refractivity contribution in [2.45, 2.75) is 12.1 Å². The largest absolute Gasteiger partial charge is 0.495 e. The molecule has 0 aliphatic carbocycles. The Labute approximate surface area is 203 Å². The summed E-state index contributed by atoms with van der Waals surface area (Å²) in [5.74, 6) is 0.303. The number of amides is 1. The van der Waals surface area contributed by atoms with Crippen LogP contribution in [0, 0.1) is 0 Å². The van der Waals surface area contributed by atoms with Crippen LogP contribution in [0.2, 0.25) is 0 Å². The van der Waals surface area contributed by atoms with Gasteiger partial charge in [-0.2, -0.15) is 12.7 Å². The molecule has 3 N–H and O–H groups in total. The zero-order valence-corrected chi connectivity index (χ0v) is 20.2. The van der Waals surface area contributed by atoms with Crippen LogP contribution < -0.4 is 10.5 Å². The molecule has 1 amide bonds.